The molecule has 5 nitrogen and oxygen atoms in total. The van der Waals surface area contributed by atoms with Gasteiger partial charge < -0.3 is 20.1 Å². The molecule has 0 bridgehead atoms. The number of alkyl halides is 2. The lowest BCUT2D eigenvalue weighted by atomic mass is 9.96. The molecule has 0 aliphatic carbocycles. The van der Waals surface area contributed by atoms with Crippen LogP contribution in [-0.4, -0.2) is 44.4 Å². The van der Waals surface area contributed by atoms with Gasteiger partial charge in [0.25, 0.3) is 5.72 Å². The maximum atomic E-state index is 12.5. The number of anilines is 1. The van der Waals surface area contributed by atoms with Crippen LogP contribution in [0.5, 0.6) is 0 Å². The van der Waals surface area contributed by atoms with Gasteiger partial charge in [-0.15, -0.1) is 0 Å². The molecule has 1 aliphatic heterocycles. The number of rotatable bonds is 5. The van der Waals surface area contributed by atoms with Gasteiger partial charge in [-0.25, -0.2) is 4.79 Å². The van der Waals surface area contributed by atoms with Crippen molar-refractivity contribution < 1.29 is 14.6 Å². The quantitative estimate of drug-likeness (QED) is 0.407. The highest BCUT2D eigenvalue weighted by Gasteiger charge is 2.51. The van der Waals surface area contributed by atoms with Crippen LogP contribution in [0.4, 0.5) is 5.69 Å². The molecule has 1 aliphatic rings. The van der Waals surface area contributed by atoms with Crippen molar-refractivity contribution in [2.24, 2.45) is 0 Å². The number of ether oxygens (including phenoxy) is 1. The number of nitrogens with zero attached hydrogens (tertiary/aromatic N) is 1. The van der Waals surface area contributed by atoms with E-state index in [1.165, 1.54) is 4.90 Å². The van der Waals surface area contributed by atoms with Crippen molar-refractivity contribution in [3.63, 3.8) is 0 Å². The molecule has 2 atom stereocenters. The monoisotopic (exact) mass is 450 g/mol. The second kappa shape index (κ2) is 7.25. The van der Waals surface area contributed by atoms with Crippen LogP contribution in [0, 0.1) is 0 Å². The maximum absolute atomic E-state index is 12.5. The summed E-state index contributed by atoms with van der Waals surface area (Å²) in [6.45, 7) is 2.21. The van der Waals surface area contributed by atoms with Crippen LogP contribution in [0.3, 0.4) is 0 Å². The lowest BCUT2D eigenvalue weighted by molar-refractivity contribution is -0.183. The van der Waals surface area contributed by atoms with E-state index in [1.807, 2.05) is 0 Å². The first-order valence-corrected chi connectivity index (χ1v) is 9.17. The molecule has 8 heteroatoms. The van der Waals surface area contributed by atoms with Crippen LogP contribution in [0.25, 0.3) is 0 Å². The molecule has 0 fully saturated rings. The number of halogens is 2. The number of carbonyl (C=O) groups excluding carboxylic acids is 1. The van der Waals surface area contributed by atoms with Crippen LogP contribution in [0.15, 0.2) is 24.3 Å². The van der Waals surface area contributed by atoms with Crippen molar-refractivity contribution in [1.29, 1.82) is 0 Å². The van der Waals surface area contributed by atoms with E-state index in [4.69, 9.17) is 17.0 Å². The van der Waals surface area contributed by atoms with Crippen molar-refractivity contribution in [2.75, 3.05) is 23.8 Å². The summed E-state index contributed by atoms with van der Waals surface area (Å²) in [5, 5.41) is 15.2. The smallest absolute Gasteiger partial charge is 0.365 e. The van der Waals surface area contributed by atoms with Gasteiger partial charge in [0.15, 0.2) is 5.11 Å². The number of esters is 1. The molecule has 2 unspecified atom stereocenters. The zero-order chi connectivity index (χ0) is 16.3. The van der Waals surface area contributed by atoms with E-state index in [9.17, 15) is 9.90 Å². The van der Waals surface area contributed by atoms with Gasteiger partial charge in [-0.2, -0.15) is 0 Å². The predicted octanol–water partition coefficient (Wildman–Crippen LogP) is 2.57. The number of fused-ring (bicyclic) bond motifs is 1. The first-order chi connectivity index (χ1) is 10.4. The van der Waals surface area contributed by atoms with Gasteiger partial charge in [0.1, 0.15) is 0 Å². The van der Waals surface area contributed by atoms with Gasteiger partial charge in [-0.05, 0) is 25.2 Å². The van der Waals surface area contributed by atoms with E-state index in [2.05, 4.69) is 37.2 Å². The van der Waals surface area contributed by atoms with E-state index < -0.39 is 11.7 Å². The summed E-state index contributed by atoms with van der Waals surface area (Å²) in [6.07, 6.45) is 0. The van der Waals surface area contributed by atoms with E-state index in [1.54, 1.807) is 31.2 Å². The van der Waals surface area contributed by atoms with Crippen molar-refractivity contribution in [3.8, 4) is 0 Å². The molecule has 0 radical (unpaired) electrons. The zero-order valence-electron chi connectivity index (χ0n) is 11.9. The molecule has 0 aromatic heterocycles. The Bertz CT molecular complexity index is 587. The summed E-state index contributed by atoms with van der Waals surface area (Å²) in [7, 11) is 0. The van der Waals surface area contributed by atoms with Crippen LogP contribution in [-0.2, 0) is 15.3 Å². The minimum Gasteiger partial charge on any atom is -0.462 e. The third-order valence-electron chi connectivity index (χ3n) is 3.29. The van der Waals surface area contributed by atoms with E-state index in [0.29, 0.717) is 23.1 Å². The number of thiocarbonyl (C=S) groups is 1. The summed E-state index contributed by atoms with van der Waals surface area (Å²) in [6, 6.07) is 7.01. The van der Waals surface area contributed by atoms with Gasteiger partial charge in [-0.1, -0.05) is 50.1 Å². The Morgan fingerprint density at radius 3 is 2.86 bits per heavy atom. The van der Waals surface area contributed by atoms with Gasteiger partial charge in [0.2, 0.25) is 0 Å². The first-order valence-electron chi connectivity index (χ1n) is 6.72. The second-order valence-corrected chi connectivity index (χ2v) is 7.06. The molecular weight excluding hydrogens is 436 g/mol. The second-order valence-electron chi connectivity index (χ2n) is 4.73. The van der Waals surface area contributed by atoms with Crippen molar-refractivity contribution in [2.45, 2.75) is 17.5 Å². The molecule has 0 amide bonds. The fourth-order valence-electron chi connectivity index (χ4n) is 2.28. The molecule has 2 N–H and O–H groups in total. The highest BCUT2D eigenvalue weighted by molar-refractivity contribution is 9.12. The van der Waals surface area contributed by atoms with Crippen molar-refractivity contribution in [3.05, 3.63) is 29.8 Å². The summed E-state index contributed by atoms with van der Waals surface area (Å²) in [5.74, 6) is -0.736. The number of carbonyl (C=O) groups is 1. The average molecular weight is 452 g/mol. The van der Waals surface area contributed by atoms with Crippen LogP contribution in [0.1, 0.15) is 12.5 Å². The largest absolute Gasteiger partial charge is 0.462 e. The van der Waals surface area contributed by atoms with Crippen LogP contribution in [0.2, 0.25) is 0 Å². The van der Waals surface area contributed by atoms with Crippen molar-refractivity contribution >= 4 is 60.8 Å². The Morgan fingerprint density at radius 2 is 2.23 bits per heavy atom. The lowest BCUT2D eigenvalue weighted by Gasteiger charge is -2.44. The van der Waals surface area contributed by atoms with Gasteiger partial charge in [-0.3, -0.25) is 0 Å². The average Bonchev–Trinajstić information content (AvgIpc) is 2.51. The Labute approximate surface area is 151 Å². The normalized spacial score (nSPS) is 21.8. The van der Waals surface area contributed by atoms with E-state index in [0.717, 1.165) is 0 Å². The number of nitrogens with one attached hydrogen (secondary N) is 1. The standard InChI is InChI=1S/C14H16Br2N2O3S/c1-2-21-12(19)14(20)10-5-3-4-6-11(10)17-13(22)18(14)8-9(16)7-15/h3-6,9,20H,2,7-8H2,1H3,(H,17,22). The fraction of sp³-hybridized carbons (Fsp3) is 0.429. The molecule has 1 heterocycles. The molecule has 1 aromatic carbocycles. The Morgan fingerprint density at radius 1 is 1.55 bits per heavy atom. The molecule has 22 heavy (non-hydrogen) atoms. The van der Waals surface area contributed by atoms with Crippen molar-refractivity contribution in [1.82, 2.24) is 4.90 Å². The molecule has 1 aromatic rings. The Balaban J connectivity index is 2.52. The third kappa shape index (κ3) is 3.15. The third-order valence-corrected chi connectivity index (χ3v) is 5.87. The van der Waals surface area contributed by atoms with Gasteiger partial charge in [0, 0.05) is 28.0 Å². The first kappa shape index (κ1) is 17.7. The Kier molecular flexibility index (Phi) is 5.81. The minimum atomic E-state index is -1.94. The molecule has 2 rings (SSSR count). The number of hydrogen-bond donors (Lipinski definition) is 2. The molecule has 120 valence electrons. The van der Waals surface area contributed by atoms with Crippen LogP contribution < -0.4 is 5.32 Å². The predicted molar refractivity (Wildman–Crippen MR) is 96.4 cm³/mol. The highest BCUT2D eigenvalue weighted by atomic mass is 79.9. The Hall–Kier alpha value is -0.700. The van der Waals surface area contributed by atoms with Gasteiger partial charge in [0.05, 0.1) is 6.61 Å². The lowest BCUT2D eigenvalue weighted by Crippen LogP contribution is -2.60. The maximum Gasteiger partial charge on any atom is 0.365 e. The van der Waals surface area contributed by atoms with Crippen LogP contribution >= 0.6 is 44.1 Å². The number of benzene rings is 1. The number of para-hydroxylation sites is 1. The minimum absolute atomic E-state index is 0.00142. The van der Waals surface area contributed by atoms with E-state index >= 15 is 0 Å². The molecule has 0 saturated carbocycles. The fourth-order valence-corrected chi connectivity index (χ4v) is 3.10. The SMILES string of the molecule is CCOC(=O)C1(O)c2ccccc2NC(=S)N1CC(Br)CBr. The zero-order valence-corrected chi connectivity index (χ0v) is 15.9. The summed E-state index contributed by atoms with van der Waals surface area (Å²) >= 11 is 12.2. The van der Waals surface area contributed by atoms with Gasteiger partial charge >= 0.3 is 5.97 Å². The van der Waals surface area contributed by atoms with E-state index in [-0.39, 0.29) is 16.5 Å². The number of hydrogen-bond acceptors (Lipinski definition) is 4. The summed E-state index contributed by atoms with van der Waals surface area (Å²) < 4.78 is 5.09. The summed E-state index contributed by atoms with van der Waals surface area (Å²) in [4.78, 5) is 13.9. The molecule has 0 saturated heterocycles. The topological polar surface area (TPSA) is 61.8 Å². The summed E-state index contributed by atoms with van der Waals surface area (Å²) in [5.41, 5.74) is -0.913. The highest BCUT2D eigenvalue weighted by Crippen LogP contribution is 2.38. The molecular formula is C14H16Br2N2O3S. The molecule has 0 spiro atoms. The number of aliphatic hydroxyl groups is 1.